The highest BCUT2D eigenvalue weighted by Gasteiger charge is 2.31. The van der Waals surface area contributed by atoms with E-state index in [-0.39, 0.29) is 11.6 Å². The third kappa shape index (κ3) is 3.44. The van der Waals surface area contributed by atoms with Crippen LogP contribution in [-0.2, 0) is 12.7 Å². The number of rotatable bonds is 2. The first-order valence-electron chi connectivity index (χ1n) is 5.77. The van der Waals surface area contributed by atoms with Gasteiger partial charge in [-0.25, -0.2) is 0 Å². The number of halogens is 4. The molecule has 1 aromatic carbocycles. The summed E-state index contributed by atoms with van der Waals surface area (Å²) < 4.78 is 38.8. The predicted molar refractivity (Wildman–Crippen MR) is 71.0 cm³/mol. The highest BCUT2D eigenvalue weighted by Crippen LogP contribution is 2.28. The fourth-order valence-electron chi connectivity index (χ4n) is 1.75. The molecule has 0 aliphatic rings. The van der Waals surface area contributed by atoms with Gasteiger partial charge in [-0.15, -0.1) is 0 Å². The predicted octanol–water partition coefficient (Wildman–Crippen LogP) is 3.44. The Morgan fingerprint density at radius 2 is 1.95 bits per heavy atom. The van der Waals surface area contributed by atoms with Crippen molar-refractivity contribution in [3.05, 3.63) is 68.6 Å². The normalized spacial score (nSPS) is 11.2. The molecule has 0 radical (unpaired) electrons. The molecule has 0 bridgehead atoms. The fourth-order valence-corrected chi connectivity index (χ4v) is 1.99. The Bertz CT molecular complexity index is 775. The molecule has 0 fully saturated rings. The molecule has 0 N–H and O–H groups in total. The molecule has 21 heavy (non-hydrogen) atoms. The molecule has 0 unspecified atom stereocenters. The van der Waals surface area contributed by atoms with Crippen molar-refractivity contribution in [2.24, 2.45) is 0 Å². The minimum Gasteiger partial charge on any atom is -0.310 e. The zero-order valence-corrected chi connectivity index (χ0v) is 11.2. The molecule has 0 aliphatic heterocycles. The lowest BCUT2D eigenvalue weighted by Gasteiger charge is -2.11. The van der Waals surface area contributed by atoms with Crippen molar-refractivity contribution < 1.29 is 13.2 Å². The summed E-state index contributed by atoms with van der Waals surface area (Å²) in [6, 6.07) is 7.89. The number of benzene rings is 1. The molecule has 0 saturated carbocycles. The van der Waals surface area contributed by atoms with Crippen molar-refractivity contribution in [3.63, 3.8) is 0 Å². The summed E-state index contributed by atoms with van der Waals surface area (Å²) in [6.07, 6.45) is -3.78. The summed E-state index contributed by atoms with van der Waals surface area (Å²) in [5.41, 5.74) is -0.687. The van der Waals surface area contributed by atoms with E-state index in [9.17, 15) is 18.0 Å². The molecular weight excluding hydrogens is 305 g/mol. The maximum Gasteiger partial charge on any atom is 0.417 e. The summed E-state index contributed by atoms with van der Waals surface area (Å²) in [4.78, 5) is 11.6. The molecule has 0 amide bonds. The van der Waals surface area contributed by atoms with Crippen LogP contribution < -0.4 is 5.56 Å². The topological polar surface area (TPSA) is 45.8 Å². The maximum absolute atomic E-state index is 12.6. The summed E-state index contributed by atoms with van der Waals surface area (Å²) in [7, 11) is 0. The van der Waals surface area contributed by atoms with Gasteiger partial charge >= 0.3 is 6.18 Å². The fraction of sp³-hybridized carbons (Fsp3) is 0.143. The second-order valence-electron chi connectivity index (χ2n) is 4.30. The lowest BCUT2D eigenvalue weighted by Crippen LogP contribution is -2.22. The van der Waals surface area contributed by atoms with Crippen molar-refractivity contribution in [1.29, 1.82) is 5.26 Å². The lowest BCUT2D eigenvalue weighted by atomic mass is 10.1. The zero-order valence-electron chi connectivity index (χ0n) is 10.5. The van der Waals surface area contributed by atoms with E-state index in [1.807, 2.05) is 6.07 Å². The summed E-state index contributed by atoms with van der Waals surface area (Å²) >= 11 is 5.95. The van der Waals surface area contributed by atoms with Gasteiger partial charge in [0.15, 0.2) is 0 Å². The van der Waals surface area contributed by atoms with Gasteiger partial charge in [0.2, 0.25) is 0 Å². The van der Waals surface area contributed by atoms with E-state index in [1.54, 1.807) is 0 Å². The zero-order chi connectivity index (χ0) is 15.6. The van der Waals surface area contributed by atoms with E-state index >= 15 is 0 Å². The van der Waals surface area contributed by atoms with Crippen LogP contribution in [0.2, 0.25) is 5.02 Å². The van der Waals surface area contributed by atoms with Crippen LogP contribution >= 0.6 is 11.6 Å². The molecule has 2 rings (SSSR count). The molecule has 0 atom stereocenters. The Morgan fingerprint density at radius 3 is 2.52 bits per heavy atom. The van der Waals surface area contributed by atoms with Crippen LogP contribution in [0.3, 0.4) is 0 Å². The first-order chi connectivity index (χ1) is 9.81. The van der Waals surface area contributed by atoms with Gasteiger partial charge in [-0.3, -0.25) is 4.79 Å². The third-order valence-corrected chi connectivity index (χ3v) is 3.19. The Morgan fingerprint density at radius 1 is 1.24 bits per heavy atom. The van der Waals surface area contributed by atoms with Crippen LogP contribution in [0, 0.1) is 11.3 Å². The monoisotopic (exact) mass is 312 g/mol. The molecule has 3 nitrogen and oxygen atoms in total. The second-order valence-corrected chi connectivity index (χ2v) is 4.71. The number of nitrogens with zero attached hydrogens (tertiary/aromatic N) is 2. The van der Waals surface area contributed by atoms with E-state index in [1.165, 1.54) is 18.2 Å². The average Bonchev–Trinajstić information content (AvgIpc) is 2.42. The van der Waals surface area contributed by atoms with E-state index in [0.717, 1.165) is 22.9 Å². The first-order valence-corrected chi connectivity index (χ1v) is 6.15. The molecule has 0 spiro atoms. The number of pyridine rings is 1. The number of aromatic nitrogens is 1. The lowest BCUT2D eigenvalue weighted by molar-refractivity contribution is -0.138. The van der Waals surface area contributed by atoms with Crippen molar-refractivity contribution in [2.75, 3.05) is 0 Å². The van der Waals surface area contributed by atoms with Crippen molar-refractivity contribution in [2.45, 2.75) is 12.7 Å². The highest BCUT2D eigenvalue weighted by atomic mass is 35.5. The van der Waals surface area contributed by atoms with Crippen molar-refractivity contribution in [1.82, 2.24) is 4.57 Å². The molecule has 0 saturated heterocycles. The molecule has 1 heterocycles. The smallest absolute Gasteiger partial charge is 0.310 e. The molecule has 108 valence electrons. The van der Waals surface area contributed by atoms with E-state index < -0.39 is 17.3 Å². The number of nitriles is 1. The Balaban J connectivity index is 2.40. The summed E-state index contributed by atoms with van der Waals surface area (Å²) in [6.45, 7) is -0.104. The average molecular weight is 313 g/mol. The molecule has 1 aromatic heterocycles. The van der Waals surface area contributed by atoms with Crippen LogP contribution in [0.4, 0.5) is 13.2 Å². The van der Waals surface area contributed by atoms with E-state index in [2.05, 4.69) is 0 Å². The molecule has 2 aromatic rings. The van der Waals surface area contributed by atoms with Gasteiger partial charge in [0.1, 0.15) is 0 Å². The van der Waals surface area contributed by atoms with Gasteiger partial charge < -0.3 is 4.57 Å². The minimum atomic E-state index is -4.52. The third-order valence-electron chi connectivity index (χ3n) is 2.83. The van der Waals surface area contributed by atoms with Crippen LogP contribution in [0.15, 0.2) is 41.3 Å². The van der Waals surface area contributed by atoms with Crippen LogP contribution in [-0.4, -0.2) is 4.57 Å². The molecule has 7 heteroatoms. The Labute approximate surface area is 122 Å². The van der Waals surface area contributed by atoms with Gasteiger partial charge in [-0.2, -0.15) is 18.4 Å². The van der Waals surface area contributed by atoms with Crippen LogP contribution in [0.1, 0.15) is 16.7 Å². The van der Waals surface area contributed by atoms with E-state index in [0.29, 0.717) is 11.1 Å². The van der Waals surface area contributed by atoms with Crippen molar-refractivity contribution in [3.8, 4) is 6.07 Å². The Hall–Kier alpha value is -2.26. The largest absolute Gasteiger partial charge is 0.417 e. The van der Waals surface area contributed by atoms with Gasteiger partial charge in [0, 0.05) is 17.3 Å². The molecule has 0 aliphatic carbocycles. The highest BCUT2D eigenvalue weighted by molar-refractivity contribution is 6.31. The van der Waals surface area contributed by atoms with Gasteiger partial charge in [-0.1, -0.05) is 17.7 Å². The number of hydrogen-bond donors (Lipinski definition) is 0. The van der Waals surface area contributed by atoms with Crippen LogP contribution in [0.25, 0.3) is 0 Å². The maximum atomic E-state index is 12.6. The quantitative estimate of drug-likeness (QED) is 0.852. The number of alkyl halides is 3. The van der Waals surface area contributed by atoms with Gasteiger partial charge in [0.25, 0.3) is 5.56 Å². The standard InChI is InChI=1S/C14H8ClF3N2O/c15-12-5-9(6-19)1-2-10(12)7-20-8-11(14(16,17)18)3-4-13(20)21/h1-5,8H,7H2. The van der Waals surface area contributed by atoms with Gasteiger partial charge in [0.05, 0.1) is 23.7 Å². The SMILES string of the molecule is N#Cc1ccc(Cn2cc(C(F)(F)F)ccc2=O)c(Cl)c1. The molecular formula is C14H8ClF3N2O. The van der Waals surface area contributed by atoms with Crippen molar-refractivity contribution >= 4 is 11.6 Å². The Kier molecular flexibility index (Phi) is 4.05. The minimum absolute atomic E-state index is 0.104. The first kappa shape index (κ1) is 15.1. The van der Waals surface area contributed by atoms with Gasteiger partial charge in [-0.05, 0) is 23.8 Å². The summed E-state index contributed by atoms with van der Waals surface area (Å²) in [5.74, 6) is 0. The summed E-state index contributed by atoms with van der Waals surface area (Å²) in [5, 5.41) is 8.94. The van der Waals surface area contributed by atoms with E-state index in [4.69, 9.17) is 16.9 Å². The number of hydrogen-bond acceptors (Lipinski definition) is 2. The second kappa shape index (κ2) is 5.62. The van der Waals surface area contributed by atoms with Crippen LogP contribution in [0.5, 0.6) is 0 Å².